The average Bonchev–Trinajstić information content (AvgIpc) is 2.73. The summed E-state index contributed by atoms with van der Waals surface area (Å²) in [5.74, 6) is -0.425. The van der Waals surface area contributed by atoms with Crippen LogP contribution >= 0.6 is 11.6 Å². The molecule has 0 saturated heterocycles. The molecular weight excluding hydrogens is 387 g/mol. The third-order valence-corrected chi connectivity index (χ3v) is 4.69. The highest BCUT2D eigenvalue weighted by molar-refractivity contribution is 6.31. The number of carbonyl (C=O) groups excluding carboxylic acids is 1. The summed E-state index contributed by atoms with van der Waals surface area (Å²) in [5, 5.41) is 4.94. The third-order valence-electron chi connectivity index (χ3n) is 4.45. The fourth-order valence-electron chi connectivity index (χ4n) is 2.95. The highest BCUT2D eigenvalue weighted by Gasteiger charge is 2.05. The van der Waals surface area contributed by atoms with Gasteiger partial charge in [-0.15, -0.1) is 0 Å². The molecule has 0 bridgehead atoms. The number of fused-ring (bicyclic) bond motifs is 1. The Bertz CT molecular complexity index is 1200. The number of halogens is 2. The molecule has 0 spiro atoms. The van der Waals surface area contributed by atoms with Crippen molar-refractivity contribution in [1.82, 2.24) is 4.98 Å². The molecule has 0 aliphatic heterocycles. The van der Waals surface area contributed by atoms with Gasteiger partial charge in [0.05, 0.1) is 5.52 Å². The summed E-state index contributed by atoms with van der Waals surface area (Å²) in [6.45, 7) is 0. The Morgan fingerprint density at radius 1 is 0.966 bits per heavy atom. The zero-order valence-corrected chi connectivity index (χ0v) is 16.0. The van der Waals surface area contributed by atoms with E-state index < -0.39 is 0 Å². The molecule has 3 aromatic carbocycles. The first-order chi connectivity index (χ1) is 14.1. The van der Waals surface area contributed by atoms with Crippen LogP contribution in [0.2, 0.25) is 5.02 Å². The molecule has 0 radical (unpaired) electrons. The van der Waals surface area contributed by atoms with Gasteiger partial charge in [-0.05, 0) is 72.3 Å². The van der Waals surface area contributed by atoms with E-state index in [0.29, 0.717) is 10.6 Å². The van der Waals surface area contributed by atoms with Crippen molar-refractivity contribution in [2.45, 2.75) is 0 Å². The van der Waals surface area contributed by atoms with E-state index in [1.54, 1.807) is 36.5 Å². The van der Waals surface area contributed by atoms with Crippen LogP contribution in [0.4, 0.5) is 15.8 Å². The number of rotatable bonds is 5. The van der Waals surface area contributed by atoms with Crippen molar-refractivity contribution in [1.29, 1.82) is 0 Å². The first-order valence-electron chi connectivity index (χ1n) is 8.98. The largest absolute Gasteiger partial charge is 0.355 e. The summed E-state index contributed by atoms with van der Waals surface area (Å²) in [4.78, 5) is 16.7. The second-order valence-corrected chi connectivity index (χ2v) is 6.91. The van der Waals surface area contributed by atoms with Gasteiger partial charge in [0.15, 0.2) is 5.78 Å². The molecule has 0 aliphatic rings. The minimum Gasteiger partial charge on any atom is -0.355 e. The van der Waals surface area contributed by atoms with Gasteiger partial charge >= 0.3 is 0 Å². The van der Waals surface area contributed by atoms with E-state index >= 15 is 0 Å². The molecule has 3 nitrogen and oxygen atoms in total. The maximum atomic E-state index is 12.9. The average molecular weight is 403 g/mol. The Morgan fingerprint density at radius 2 is 1.72 bits per heavy atom. The van der Waals surface area contributed by atoms with Crippen molar-refractivity contribution in [3.8, 4) is 0 Å². The molecule has 5 heteroatoms. The lowest BCUT2D eigenvalue weighted by Crippen LogP contribution is -1.96. The molecular formula is C24H16ClFN2O. The lowest BCUT2D eigenvalue weighted by Gasteiger charge is -2.10. The van der Waals surface area contributed by atoms with E-state index in [-0.39, 0.29) is 11.6 Å². The summed E-state index contributed by atoms with van der Waals surface area (Å²) in [5.41, 5.74) is 3.90. The van der Waals surface area contributed by atoms with E-state index in [9.17, 15) is 9.18 Å². The first kappa shape index (κ1) is 18.8. The predicted molar refractivity (Wildman–Crippen MR) is 116 cm³/mol. The number of allylic oxidation sites excluding steroid dienone is 1. The molecule has 0 saturated carbocycles. The molecule has 0 fully saturated rings. The van der Waals surface area contributed by atoms with Gasteiger partial charge in [-0.2, -0.15) is 0 Å². The molecule has 1 heterocycles. The van der Waals surface area contributed by atoms with Gasteiger partial charge in [-0.3, -0.25) is 9.78 Å². The third kappa shape index (κ3) is 4.50. The number of hydrogen-bond donors (Lipinski definition) is 1. The van der Waals surface area contributed by atoms with Gasteiger partial charge in [-0.1, -0.05) is 29.8 Å². The normalized spacial score (nSPS) is 11.1. The lowest BCUT2D eigenvalue weighted by atomic mass is 10.1. The second kappa shape index (κ2) is 8.25. The Balaban J connectivity index is 1.49. The van der Waals surface area contributed by atoms with E-state index in [2.05, 4.69) is 10.3 Å². The van der Waals surface area contributed by atoms with Crippen molar-refractivity contribution < 1.29 is 9.18 Å². The molecule has 4 rings (SSSR count). The quantitative estimate of drug-likeness (QED) is 0.299. The minimum atomic E-state index is -0.304. The van der Waals surface area contributed by atoms with Crippen LogP contribution in [0.1, 0.15) is 15.9 Å². The maximum absolute atomic E-state index is 12.9. The van der Waals surface area contributed by atoms with Gasteiger partial charge in [0.1, 0.15) is 5.82 Å². The van der Waals surface area contributed by atoms with Gasteiger partial charge in [0, 0.05) is 33.5 Å². The van der Waals surface area contributed by atoms with Crippen LogP contribution in [-0.4, -0.2) is 10.8 Å². The fraction of sp³-hybridized carbons (Fsp3) is 0. The van der Waals surface area contributed by atoms with Crippen molar-refractivity contribution in [2.75, 3.05) is 5.32 Å². The highest BCUT2D eigenvalue weighted by atomic mass is 35.5. The fourth-order valence-corrected chi connectivity index (χ4v) is 3.11. The molecule has 1 aromatic heterocycles. The van der Waals surface area contributed by atoms with E-state index in [1.165, 1.54) is 18.2 Å². The Morgan fingerprint density at radius 3 is 2.48 bits per heavy atom. The number of hydrogen-bond acceptors (Lipinski definition) is 3. The van der Waals surface area contributed by atoms with Crippen LogP contribution in [0, 0.1) is 5.82 Å². The van der Waals surface area contributed by atoms with Gasteiger partial charge in [0.25, 0.3) is 0 Å². The zero-order valence-electron chi connectivity index (χ0n) is 15.3. The number of nitrogens with zero attached hydrogens (tertiary/aromatic N) is 1. The topological polar surface area (TPSA) is 42.0 Å². The van der Waals surface area contributed by atoms with E-state index in [1.807, 2.05) is 36.4 Å². The summed E-state index contributed by atoms with van der Waals surface area (Å²) >= 11 is 6.04. The Kier molecular flexibility index (Phi) is 5.36. The van der Waals surface area contributed by atoms with Gasteiger partial charge < -0.3 is 5.32 Å². The summed E-state index contributed by atoms with van der Waals surface area (Å²) in [6, 6.07) is 20.6. The minimum absolute atomic E-state index is 0.120. The molecule has 0 aliphatic carbocycles. The van der Waals surface area contributed by atoms with Crippen molar-refractivity contribution in [3.63, 3.8) is 0 Å². The molecule has 0 atom stereocenters. The number of carbonyl (C=O) groups is 1. The molecule has 142 valence electrons. The second-order valence-electron chi connectivity index (χ2n) is 6.47. The van der Waals surface area contributed by atoms with Crippen LogP contribution in [0.5, 0.6) is 0 Å². The van der Waals surface area contributed by atoms with Crippen LogP contribution in [0.15, 0.2) is 85.1 Å². The Hall–Kier alpha value is -3.50. The monoisotopic (exact) mass is 402 g/mol. The van der Waals surface area contributed by atoms with Crippen molar-refractivity contribution in [2.24, 2.45) is 0 Å². The highest BCUT2D eigenvalue weighted by Crippen LogP contribution is 2.27. The lowest BCUT2D eigenvalue weighted by molar-refractivity contribution is 0.104. The van der Waals surface area contributed by atoms with Crippen molar-refractivity contribution in [3.05, 3.63) is 107 Å². The number of ketones is 1. The van der Waals surface area contributed by atoms with Gasteiger partial charge in [-0.25, -0.2) is 4.39 Å². The molecule has 29 heavy (non-hydrogen) atoms. The maximum Gasteiger partial charge on any atom is 0.185 e. The molecule has 0 amide bonds. The number of nitrogens with one attached hydrogen (secondary N) is 1. The standard InChI is InChI=1S/C24H16ClFN2O/c25-18-6-11-21-22(13-14-27-23(21)15-18)28-20-9-4-17(5-10-20)24(29)12-3-16-1-7-19(26)8-2-16/h1-15H,(H,27,28)/b12-3+. The SMILES string of the molecule is O=C(/C=C/c1ccc(F)cc1)c1ccc(Nc2ccnc3cc(Cl)ccc23)cc1. The van der Waals surface area contributed by atoms with E-state index in [4.69, 9.17) is 11.6 Å². The summed E-state index contributed by atoms with van der Waals surface area (Å²) in [7, 11) is 0. The van der Waals surface area contributed by atoms with Crippen molar-refractivity contribution >= 4 is 45.7 Å². The number of benzene rings is 3. The molecule has 4 aromatic rings. The Labute approximate surface area is 172 Å². The summed E-state index contributed by atoms with van der Waals surface area (Å²) in [6.07, 6.45) is 4.87. The number of pyridine rings is 1. The smallest absolute Gasteiger partial charge is 0.185 e. The molecule has 0 unspecified atom stereocenters. The van der Waals surface area contributed by atoms with Crippen LogP contribution < -0.4 is 5.32 Å². The zero-order chi connectivity index (χ0) is 20.2. The molecule has 1 N–H and O–H groups in total. The number of anilines is 2. The van der Waals surface area contributed by atoms with Gasteiger partial charge in [0.2, 0.25) is 0 Å². The van der Waals surface area contributed by atoms with Crippen LogP contribution in [0.25, 0.3) is 17.0 Å². The number of aromatic nitrogens is 1. The van der Waals surface area contributed by atoms with E-state index in [0.717, 1.165) is 27.8 Å². The van der Waals surface area contributed by atoms with Crippen LogP contribution in [-0.2, 0) is 0 Å². The van der Waals surface area contributed by atoms with Crippen LogP contribution in [0.3, 0.4) is 0 Å². The summed E-state index contributed by atoms with van der Waals surface area (Å²) < 4.78 is 12.9. The first-order valence-corrected chi connectivity index (χ1v) is 9.36. The predicted octanol–water partition coefficient (Wildman–Crippen LogP) is 6.67.